The van der Waals surface area contributed by atoms with Crippen LogP contribution in [-0.2, 0) is 27.2 Å². The van der Waals surface area contributed by atoms with E-state index in [1.807, 2.05) is 18.2 Å². The third-order valence-electron chi connectivity index (χ3n) is 4.73. The van der Waals surface area contributed by atoms with E-state index in [4.69, 9.17) is 4.74 Å². The molecule has 3 rings (SSSR count). The summed E-state index contributed by atoms with van der Waals surface area (Å²) in [5.74, 6) is -0.342. The van der Waals surface area contributed by atoms with Crippen LogP contribution in [0.3, 0.4) is 0 Å². The molecule has 1 aliphatic heterocycles. The van der Waals surface area contributed by atoms with Crippen LogP contribution in [0.2, 0.25) is 0 Å². The number of nitrogens with one attached hydrogen (secondary N) is 2. The lowest BCUT2D eigenvalue weighted by Crippen LogP contribution is -2.49. The Hall–Kier alpha value is -3.10. The number of ether oxygens (including phenoxy) is 1. The summed E-state index contributed by atoms with van der Waals surface area (Å²) < 4.78 is 5.80. The minimum absolute atomic E-state index is 0.131. The van der Waals surface area contributed by atoms with Gasteiger partial charge in [-0.25, -0.2) is 0 Å². The molecule has 8 heteroatoms. The van der Waals surface area contributed by atoms with E-state index in [1.165, 1.54) is 0 Å². The van der Waals surface area contributed by atoms with Crippen molar-refractivity contribution in [3.8, 4) is 0 Å². The van der Waals surface area contributed by atoms with Gasteiger partial charge in [-0.05, 0) is 36.2 Å². The average molecular weight is 410 g/mol. The van der Waals surface area contributed by atoms with Crippen LogP contribution in [0.15, 0.2) is 61.1 Å². The highest BCUT2D eigenvalue weighted by Crippen LogP contribution is 2.16. The SMILES string of the molecule is O=C(C[C@H]1C=C[C@H](NC(=O)Cc2ccccn2)[C@H](CO)O1)NCCc1ccncc1. The van der Waals surface area contributed by atoms with E-state index in [9.17, 15) is 14.7 Å². The van der Waals surface area contributed by atoms with E-state index in [1.54, 1.807) is 42.9 Å². The minimum atomic E-state index is -0.614. The molecule has 8 nitrogen and oxygen atoms in total. The Labute approximate surface area is 175 Å². The number of hydrogen-bond donors (Lipinski definition) is 3. The lowest BCUT2D eigenvalue weighted by molar-refractivity contribution is -0.128. The first-order valence-corrected chi connectivity index (χ1v) is 9.93. The zero-order valence-corrected chi connectivity index (χ0v) is 16.6. The Balaban J connectivity index is 1.44. The molecule has 0 saturated carbocycles. The topological polar surface area (TPSA) is 113 Å². The number of hydrogen-bond acceptors (Lipinski definition) is 6. The standard InChI is InChI=1S/C22H26N4O4/c27-15-20-19(26-22(29)13-17-3-1-2-9-24-17)5-4-18(30-20)14-21(28)25-12-8-16-6-10-23-11-7-16/h1-7,9-11,18-20,27H,8,12-15H2,(H,25,28)(H,26,29)/t18-,19+,20+/m1/s1. The van der Waals surface area contributed by atoms with E-state index >= 15 is 0 Å². The van der Waals surface area contributed by atoms with Crippen molar-refractivity contribution < 1.29 is 19.4 Å². The van der Waals surface area contributed by atoms with E-state index in [-0.39, 0.29) is 31.3 Å². The van der Waals surface area contributed by atoms with E-state index in [0.29, 0.717) is 12.2 Å². The van der Waals surface area contributed by atoms with Gasteiger partial charge < -0.3 is 20.5 Å². The molecular formula is C22H26N4O4. The maximum absolute atomic E-state index is 12.2. The summed E-state index contributed by atoms with van der Waals surface area (Å²) in [6, 6.07) is 8.75. The molecule has 3 heterocycles. The Morgan fingerprint density at radius 2 is 1.90 bits per heavy atom. The molecule has 0 fully saturated rings. The Morgan fingerprint density at radius 3 is 2.63 bits per heavy atom. The van der Waals surface area contributed by atoms with Crippen LogP contribution in [0.5, 0.6) is 0 Å². The first kappa shape index (κ1) is 21.6. The van der Waals surface area contributed by atoms with Gasteiger partial charge >= 0.3 is 0 Å². The monoisotopic (exact) mass is 410 g/mol. The van der Waals surface area contributed by atoms with Gasteiger partial charge in [0, 0.05) is 30.8 Å². The Kier molecular flexibility index (Phi) is 8.05. The molecule has 158 valence electrons. The van der Waals surface area contributed by atoms with Crippen molar-refractivity contribution in [2.45, 2.75) is 37.5 Å². The lowest BCUT2D eigenvalue weighted by atomic mass is 10.0. The van der Waals surface area contributed by atoms with Gasteiger partial charge in [0.25, 0.3) is 0 Å². The number of aliphatic hydroxyl groups is 1. The van der Waals surface area contributed by atoms with Crippen molar-refractivity contribution in [1.82, 2.24) is 20.6 Å². The van der Waals surface area contributed by atoms with Crippen LogP contribution >= 0.6 is 0 Å². The second-order valence-corrected chi connectivity index (χ2v) is 7.03. The fourth-order valence-corrected chi connectivity index (χ4v) is 3.19. The van der Waals surface area contributed by atoms with Gasteiger partial charge in [-0.3, -0.25) is 19.6 Å². The number of amides is 2. The van der Waals surface area contributed by atoms with Crippen molar-refractivity contribution >= 4 is 11.8 Å². The fraction of sp³-hybridized carbons (Fsp3) is 0.364. The molecule has 2 aromatic heterocycles. The maximum atomic E-state index is 12.2. The normalized spacial score (nSPS) is 20.5. The molecule has 3 atom stereocenters. The fourth-order valence-electron chi connectivity index (χ4n) is 3.19. The molecule has 3 N–H and O–H groups in total. The van der Waals surface area contributed by atoms with Crippen molar-refractivity contribution in [2.24, 2.45) is 0 Å². The molecule has 0 radical (unpaired) electrons. The first-order chi connectivity index (χ1) is 14.6. The molecule has 0 aliphatic carbocycles. The van der Waals surface area contributed by atoms with Gasteiger partial charge in [-0.15, -0.1) is 0 Å². The highest BCUT2D eigenvalue weighted by Gasteiger charge is 2.29. The van der Waals surface area contributed by atoms with Gasteiger partial charge in [0.2, 0.25) is 11.8 Å². The molecule has 2 aromatic rings. The summed E-state index contributed by atoms with van der Waals surface area (Å²) in [6.45, 7) is 0.258. The molecule has 0 saturated heterocycles. The van der Waals surface area contributed by atoms with E-state index < -0.39 is 18.2 Å². The van der Waals surface area contributed by atoms with Crippen LogP contribution in [0.4, 0.5) is 0 Å². The van der Waals surface area contributed by atoms with Gasteiger partial charge in [0.15, 0.2) is 0 Å². The number of aromatic nitrogens is 2. The van der Waals surface area contributed by atoms with Crippen molar-refractivity contribution in [1.29, 1.82) is 0 Å². The summed E-state index contributed by atoms with van der Waals surface area (Å²) in [7, 11) is 0. The van der Waals surface area contributed by atoms with Crippen LogP contribution in [0.25, 0.3) is 0 Å². The van der Waals surface area contributed by atoms with Crippen molar-refractivity contribution in [3.63, 3.8) is 0 Å². The molecule has 0 unspecified atom stereocenters. The predicted octanol–water partition coefficient (Wildman–Crippen LogP) is 0.569. The van der Waals surface area contributed by atoms with Crippen molar-refractivity contribution in [2.75, 3.05) is 13.2 Å². The minimum Gasteiger partial charge on any atom is -0.394 e. The number of carbonyl (C=O) groups excluding carboxylic acids is 2. The second-order valence-electron chi connectivity index (χ2n) is 7.03. The quantitative estimate of drug-likeness (QED) is 0.521. The third kappa shape index (κ3) is 6.75. The predicted molar refractivity (Wildman–Crippen MR) is 110 cm³/mol. The van der Waals surface area contributed by atoms with Crippen LogP contribution in [-0.4, -0.2) is 58.3 Å². The first-order valence-electron chi connectivity index (χ1n) is 9.93. The molecular weight excluding hydrogens is 384 g/mol. The molecule has 1 aliphatic rings. The number of pyridine rings is 2. The number of rotatable bonds is 9. The molecule has 0 aromatic carbocycles. The number of aliphatic hydroxyl groups excluding tert-OH is 1. The lowest BCUT2D eigenvalue weighted by Gasteiger charge is -2.31. The molecule has 0 spiro atoms. The van der Waals surface area contributed by atoms with Gasteiger partial charge in [0.1, 0.15) is 6.10 Å². The van der Waals surface area contributed by atoms with Gasteiger partial charge in [-0.2, -0.15) is 0 Å². The van der Waals surface area contributed by atoms with Crippen LogP contribution in [0, 0.1) is 0 Å². The summed E-state index contributed by atoms with van der Waals surface area (Å²) in [6.07, 6.45) is 8.55. The molecule has 30 heavy (non-hydrogen) atoms. The van der Waals surface area contributed by atoms with Gasteiger partial charge in [-0.1, -0.05) is 18.2 Å². The highest BCUT2D eigenvalue weighted by atomic mass is 16.5. The summed E-state index contributed by atoms with van der Waals surface area (Å²) in [5, 5.41) is 15.4. The van der Waals surface area contributed by atoms with Crippen molar-refractivity contribution in [3.05, 3.63) is 72.3 Å². The number of carbonyl (C=O) groups is 2. The number of nitrogens with zero attached hydrogens (tertiary/aromatic N) is 2. The highest BCUT2D eigenvalue weighted by molar-refractivity contribution is 5.79. The zero-order valence-electron chi connectivity index (χ0n) is 16.6. The molecule has 2 amide bonds. The Morgan fingerprint density at radius 1 is 1.07 bits per heavy atom. The Bertz CT molecular complexity index is 845. The summed E-state index contributed by atoms with van der Waals surface area (Å²) >= 11 is 0. The second kappa shape index (κ2) is 11.2. The van der Waals surface area contributed by atoms with E-state index in [2.05, 4.69) is 20.6 Å². The largest absolute Gasteiger partial charge is 0.394 e. The molecule has 0 bridgehead atoms. The third-order valence-corrected chi connectivity index (χ3v) is 4.73. The van der Waals surface area contributed by atoms with Crippen LogP contribution in [0.1, 0.15) is 17.7 Å². The summed E-state index contributed by atoms with van der Waals surface area (Å²) in [4.78, 5) is 32.5. The van der Waals surface area contributed by atoms with Gasteiger partial charge in [0.05, 0.1) is 31.6 Å². The smallest absolute Gasteiger partial charge is 0.226 e. The van der Waals surface area contributed by atoms with E-state index in [0.717, 1.165) is 12.0 Å². The zero-order chi connectivity index (χ0) is 21.2. The average Bonchev–Trinajstić information content (AvgIpc) is 2.76. The maximum Gasteiger partial charge on any atom is 0.226 e. The summed E-state index contributed by atoms with van der Waals surface area (Å²) in [5.41, 5.74) is 1.77. The van der Waals surface area contributed by atoms with Crippen LogP contribution < -0.4 is 10.6 Å².